The molecule has 27 heavy (non-hydrogen) atoms. The third kappa shape index (κ3) is 6.52. The zero-order valence-corrected chi connectivity index (χ0v) is 15.3. The van der Waals surface area contributed by atoms with Gasteiger partial charge in [0.15, 0.2) is 5.16 Å². The minimum absolute atomic E-state index is 0.0325. The van der Waals surface area contributed by atoms with Gasteiger partial charge in [0.1, 0.15) is 5.82 Å². The van der Waals surface area contributed by atoms with Crippen molar-refractivity contribution >= 4 is 23.6 Å². The molecule has 1 aliphatic carbocycles. The Hall–Kier alpha value is -2.68. The van der Waals surface area contributed by atoms with Gasteiger partial charge in [-0.05, 0) is 30.5 Å². The van der Waals surface area contributed by atoms with Gasteiger partial charge in [-0.1, -0.05) is 23.9 Å². The van der Waals surface area contributed by atoms with E-state index in [-0.39, 0.29) is 53.1 Å². The lowest BCUT2D eigenvalue weighted by atomic mass is 10.2. The predicted molar refractivity (Wildman–Crippen MR) is 98.7 cm³/mol. The molecule has 9 heteroatoms. The number of aromatic amines is 1. The second-order valence-electron chi connectivity index (χ2n) is 6.25. The SMILES string of the molecule is O=C(CSc1nc(CC(=O)NC2CC2)cc(=O)[nH]1)NCc1ccc(F)cc1. The zero-order chi connectivity index (χ0) is 19.2. The summed E-state index contributed by atoms with van der Waals surface area (Å²) in [5.74, 6) is -0.684. The number of rotatable bonds is 8. The van der Waals surface area contributed by atoms with Gasteiger partial charge in [0.25, 0.3) is 5.56 Å². The van der Waals surface area contributed by atoms with Crippen molar-refractivity contribution in [3.8, 4) is 0 Å². The lowest BCUT2D eigenvalue weighted by molar-refractivity contribution is -0.121. The molecule has 0 saturated heterocycles. The molecule has 1 heterocycles. The summed E-state index contributed by atoms with van der Waals surface area (Å²) in [5.41, 5.74) is 0.782. The molecule has 0 spiro atoms. The molecule has 2 aromatic rings. The number of hydrogen-bond acceptors (Lipinski definition) is 5. The average molecular weight is 390 g/mol. The summed E-state index contributed by atoms with van der Waals surface area (Å²) in [6.07, 6.45) is 2.01. The van der Waals surface area contributed by atoms with E-state index in [1.165, 1.54) is 18.2 Å². The molecule has 7 nitrogen and oxygen atoms in total. The van der Waals surface area contributed by atoms with Crippen molar-refractivity contribution in [2.75, 3.05) is 5.75 Å². The first-order chi connectivity index (χ1) is 13.0. The molecule has 142 valence electrons. The molecule has 0 radical (unpaired) electrons. The number of amides is 2. The van der Waals surface area contributed by atoms with Crippen LogP contribution in [0.3, 0.4) is 0 Å². The van der Waals surface area contributed by atoms with Gasteiger partial charge in [0, 0.05) is 18.7 Å². The number of hydrogen-bond donors (Lipinski definition) is 3. The Balaban J connectivity index is 1.49. The number of H-pyrrole nitrogens is 1. The lowest BCUT2D eigenvalue weighted by Crippen LogP contribution is -2.28. The normalized spacial score (nSPS) is 13.2. The van der Waals surface area contributed by atoms with Crippen LogP contribution < -0.4 is 16.2 Å². The predicted octanol–water partition coefficient (Wildman–Crippen LogP) is 1.14. The molecular formula is C18H19FN4O3S. The van der Waals surface area contributed by atoms with Gasteiger partial charge >= 0.3 is 0 Å². The molecule has 1 aromatic carbocycles. The summed E-state index contributed by atoms with van der Waals surface area (Å²) in [7, 11) is 0. The zero-order valence-electron chi connectivity index (χ0n) is 14.5. The van der Waals surface area contributed by atoms with Crippen LogP contribution in [0.15, 0.2) is 40.3 Å². The number of halogens is 1. The van der Waals surface area contributed by atoms with Crippen molar-refractivity contribution in [3.63, 3.8) is 0 Å². The fourth-order valence-electron chi connectivity index (χ4n) is 2.30. The minimum Gasteiger partial charge on any atom is -0.353 e. The maximum absolute atomic E-state index is 12.9. The van der Waals surface area contributed by atoms with E-state index in [4.69, 9.17) is 0 Å². The molecule has 0 atom stereocenters. The Kier molecular flexibility index (Phi) is 6.23. The summed E-state index contributed by atoms with van der Waals surface area (Å²) in [6.45, 7) is 0.283. The molecule has 2 amide bonds. The molecule has 0 unspecified atom stereocenters. The van der Waals surface area contributed by atoms with E-state index >= 15 is 0 Å². The standard InChI is InChI=1S/C18H19FN4O3S/c19-12-3-1-11(2-4-12)9-20-17(26)10-27-18-22-14(8-16(25)23-18)7-15(24)21-13-5-6-13/h1-4,8,13H,5-7,9-10H2,(H,20,26)(H,21,24)(H,22,23,25). The van der Waals surface area contributed by atoms with Crippen LogP contribution in [0.5, 0.6) is 0 Å². The summed E-state index contributed by atoms with van der Waals surface area (Å²) < 4.78 is 12.9. The number of nitrogens with zero attached hydrogens (tertiary/aromatic N) is 1. The second kappa shape index (κ2) is 8.81. The first kappa shape index (κ1) is 19.1. The molecule has 1 aliphatic rings. The largest absolute Gasteiger partial charge is 0.353 e. The maximum Gasteiger partial charge on any atom is 0.251 e. The highest BCUT2D eigenvalue weighted by Crippen LogP contribution is 2.18. The Morgan fingerprint density at radius 3 is 2.67 bits per heavy atom. The van der Waals surface area contributed by atoms with E-state index < -0.39 is 0 Å². The van der Waals surface area contributed by atoms with Crippen LogP contribution >= 0.6 is 11.8 Å². The highest BCUT2D eigenvalue weighted by Gasteiger charge is 2.23. The fraction of sp³-hybridized carbons (Fsp3) is 0.333. The number of thioether (sulfide) groups is 1. The van der Waals surface area contributed by atoms with Gasteiger partial charge in [-0.25, -0.2) is 9.37 Å². The van der Waals surface area contributed by atoms with E-state index in [1.54, 1.807) is 12.1 Å². The van der Waals surface area contributed by atoms with E-state index in [2.05, 4.69) is 20.6 Å². The monoisotopic (exact) mass is 390 g/mol. The van der Waals surface area contributed by atoms with Crippen molar-refractivity contribution in [1.82, 2.24) is 20.6 Å². The summed E-state index contributed by atoms with van der Waals surface area (Å²) in [5, 5.41) is 5.84. The lowest BCUT2D eigenvalue weighted by Gasteiger charge is -2.06. The Morgan fingerprint density at radius 2 is 1.96 bits per heavy atom. The van der Waals surface area contributed by atoms with Crippen LogP contribution in [0, 0.1) is 5.82 Å². The molecule has 1 aromatic heterocycles. The topological polar surface area (TPSA) is 104 Å². The van der Waals surface area contributed by atoms with Gasteiger partial charge in [-0.2, -0.15) is 0 Å². The Bertz CT molecular complexity index is 881. The summed E-state index contributed by atoms with van der Waals surface area (Å²) in [4.78, 5) is 42.3. The van der Waals surface area contributed by atoms with Crippen molar-refractivity contribution in [3.05, 3.63) is 57.8 Å². The molecule has 0 bridgehead atoms. The quantitative estimate of drug-likeness (QED) is 0.463. The number of carbonyl (C=O) groups excluding carboxylic acids is 2. The summed E-state index contributed by atoms with van der Waals surface area (Å²) in [6, 6.07) is 7.38. The molecule has 3 N–H and O–H groups in total. The van der Waals surface area contributed by atoms with Crippen molar-refractivity contribution < 1.29 is 14.0 Å². The molecule has 3 rings (SSSR count). The number of nitrogens with one attached hydrogen (secondary N) is 3. The third-order valence-electron chi connectivity index (χ3n) is 3.80. The second-order valence-corrected chi connectivity index (χ2v) is 7.22. The van der Waals surface area contributed by atoms with E-state index in [1.807, 2.05) is 0 Å². The van der Waals surface area contributed by atoms with Gasteiger partial charge in [0.2, 0.25) is 11.8 Å². The van der Waals surface area contributed by atoms with Crippen LogP contribution in [-0.2, 0) is 22.6 Å². The first-order valence-corrected chi connectivity index (χ1v) is 9.50. The fourth-order valence-corrected chi connectivity index (χ4v) is 3.03. The van der Waals surface area contributed by atoms with Crippen molar-refractivity contribution in [2.24, 2.45) is 0 Å². The number of carbonyl (C=O) groups is 2. The highest BCUT2D eigenvalue weighted by molar-refractivity contribution is 7.99. The third-order valence-corrected chi connectivity index (χ3v) is 4.67. The Morgan fingerprint density at radius 1 is 1.22 bits per heavy atom. The number of benzene rings is 1. The maximum atomic E-state index is 12.9. The average Bonchev–Trinajstić information content (AvgIpc) is 3.42. The van der Waals surface area contributed by atoms with Crippen LogP contribution in [-0.4, -0.2) is 33.6 Å². The number of aromatic nitrogens is 2. The van der Waals surface area contributed by atoms with Crippen LogP contribution in [0.4, 0.5) is 4.39 Å². The van der Waals surface area contributed by atoms with Crippen LogP contribution in [0.25, 0.3) is 0 Å². The van der Waals surface area contributed by atoms with E-state index in [9.17, 15) is 18.8 Å². The van der Waals surface area contributed by atoms with Gasteiger partial charge in [-0.15, -0.1) is 0 Å². The van der Waals surface area contributed by atoms with Crippen molar-refractivity contribution in [2.45, 2.75) is 37.0 Å². The first-order valence-electron chi connectivity index (χ1n) is 8.51. The Labute approximate surface area is 159 Å². The molecule has 0 aliphatic heterocycles. The molecule has 1 saturated carbocycles. The minimum atomic E-state index is -0.367. The van der Waals surface area contributed by atoms with Crippen LogP contribution in [0.1, 0.15) is 24.1 Å². The van der Waals surface area contributed by atoms with E-state index in [0.29, 0.717) is 5.69 Å². The molecule has 1 fully saturated rings. The van der Waals surface area contributed by atoms with Crippen LogP contribution in [0.2, 0.25) is 0 Å². The smallest absolute Gasteiger partial charge is 0.251 e. The van der Waals surface area contributed by atoms with Gasteiger partial charge in [0.05, 0.1) is 17.9 Å². The van der Waals surface area contributed by atoms with Gasteiger partial charge in [-0.3, -0.25) is 14.4 Å². The van der Waals surface area contributed by atoms with Gasteiger partial charge < -0.3 is 15.6 Å². The highest BCUT2D eigenvalue weighted by atomic mass is 32.2. The summed E-state index contributed by atoms with van der Waals surface area (Å²) >= 11 is 1.08. The van der Waals surface area contributed by atoms with Crippen molar-refractivity contribution in [1.29, 1.82) is 0 Å². The molecular weight excluding hydrogens is 371 g/mol. The van der Waals surface area contributed by atoms with E-state index in [0.717, 1.165) is 30.2 Å².